The van der Waals surface area contributed by atoms with Crippen molar-refractivity contribution in [3.8, 4) is 0 Å². The van der Waals surface area contributed by atoms with Crippen molar-refractivity contribution in [3.05, 3.63) is 66.5 Å². The highest BCUT2D eigenvalue weighted by atomic mass is 16.3. The molecule has 2 aliphatic rings. The van der Waals surface area contributed by atoms with Gasteiger partial charge in [-0.1, -0.05) is 12.2 Å². The van der Waals surface area contributed by atoms with Gasteiger partial charge in [0.25, 0.3) is 0 Å². The number of aromatic nitrogens is 5. The van der Waals surface area contributed by atoms with Crippen molar-refractivity contribution in [2.75, 3.05) is 5.73 Å². The summed E-state index contributed by atoms with van der Waals surface area (Å²) in [6.07, 6.45) is 11.2. The van der Waals surface area contributed by atoms with Crippen molar-refractivity contribution < 1.29 is 10.2 Å². The normalized spacial score (nSPS) is 29.5. The van der Waals surface area contributed by atoms with E-state index in [0.29, 0.717) is 11.5 Å². The Kier molecular flexibility index (Phi) is 3.82. The number of allylic oxidation sites excluding steroid dienone is 1. The molecule has 0 radical (unpaired) electrons. The van der Waals surface area contributed by atoms with E-state index >= 15 is 0 Å². The largest absolute Gasteiger partial charge is 0.389 e. The van der Waals surface area contributed by atoms with E-state index < -0.39 is 17.6 Å². The molecule has 8 nitrogen and oxygen atoms in total. The molecule has 2 aliphatic carbocycles. The molecule has 4 aromatic heterocycles. The van der Waals surface area contributed by atoms with E-state index in [9.17, 15) is 10.2 Å². The summed E-state index contributed by atoms with van der Waals surface area (Å²) in [5.74, 6) is 0.429. The summed E-state index contributed by atoms with van der Waals surface area (Å²) in [5, 5.41) is 22.9. The van der Waals surface area contributed by atoms with Crippen molar-refractivity contribution in [1.82, 2.24) is 23.9 Å². The smallest absolute Gasteiger partial charge is 0.145 e. The van der Waals surface area contributed by atoms with Crippen LogP contribution in [0.3, 0.4) is 0 Å². The van der Waals surface area contributed by atoms with Gasteiger partial charge in [-0.25, -0.2) is 15.0 Å². The lowest BCUT2D eigenvalue weighted by Gasteiger charge is -2.42. The van der Waals surface area contributed by atoms with Crippen LogP contribution < -0.4 is 5.73 Å². The minimum absolute atomic E-state index is 0.0155. The van der Waals surface area contributed by atoms with E-state index in [0.717, 1.165) is 29.6 Å². The topological polar surface area (TPSA) is 114 Å². The molecule has 0 saturated heterocycles. The predicted molar refractivity (Wildman–Crippen MR) is 116 cm³/mol. The quantitative estimate of drug-likeness (QED) is 0.439. The number of nitrogens with two attached hydrogens (primary N) is 1. The van der Waals surface area contributed by atoms with Crippen molar-refractivity contribution in [2.24, 2.45) is 11.3 Å². The van der Waals surface area contributed by atoms with Gasteiger partial charge in [0.15, 0.2) is 0 Å². The SMILES string of the molecule is Cc1cnc2cc(CC[C@@]34C=C[C@@H]3[C@@H](n3ccc5c(N)ncnc53)[C@H](O)[C@@H]4O)ccn12. The van der Waals surface area contributed by atoms with Crippen molar-refractivity contribution >= 4 is 22.5 Å². The number of anilines is 1. The van der Waals surface area contributed by atoms with Gasteiger partial charge in [-0.3, -0.25) is 0 Å². The Bertz CT molecular complexity index is 1340. The number of nitrogen functional groups attached to an aromatic ring is 1. The number of hydrogen-bond acceptors (Lipinski definition) is 6. The molecule has 0 amide bonds. The van der Waals surface area contributed by atoms with Gasteiger partial charge in [0, 0.05) is 35.6 Å². The van der Waals surface area contributed by atoms with Gasteiger partial charge in [-0.15, -0.1) is 0 Å². The van der Waals surface area contributed by atoms with E-state index in [2.05, 4.69) is 43.6 Å². The zero-order valence-corrected chi connectivity index (χ0v) is 17.1. The first kappa shape index (κ1) is 18.5. The number of pyridine rings is 1. The van der Waals surface area contributed by atoms with Gasteiger partial charge in [-0.05, 0) is 43.5 Å². The summed E-state index contributed by atoms with van der Waals surface area (Å²) in [5.41, 5.74) is 9.40. The molecule has 158 valence electrons. The second-order valence-electron chi connectivity index (χ2n) is 8.81. The number of aliphatic hydroxyl groups is 2. The molecule has 8 heteroatoms. The molecule has 31 heavy (non-hydrogen) atoms. The Morgan fingerprint density at radius 3 is 2.84 bits per heavy atom. The Hall–Kier alpha value is -3.23. The number of rotatable bonds is 4. The van der Waals surface area contributed by atoms with E-state index in [1.54, 1.807) is 0 Å². The molecule has 0 aromatic carbocycles. The van der Waals surface area contributed by atoms with Crippen molar-refractivity contribution in [3.63, 3.8) is 0 Å². The first-order valence-corrected chi connectivity index (χ1v) is 10.5. The van der Waals surface area contributed by atoms with Gasteiger partial charge < -0.3 is 24.9 Å². The van der Waals surface area contributed by atoms with Crippen molar-refractivity contribution in [1.29, 1.82) is 0 Å². The van der Waals surface area contributed by atoms with Crippen LogP contribution in [0.15, 0.2) is 55.3 Å². The first-order chi connectivity index (χ1) is 15.0. The highest BCUT2D eigenvalue weighted by Gasteiger charge is 2.61. The van der Waals surface area contributed by atoms with Gasteiger partial charge in [0.1, 0.15) is 29.5 Å². The third-order valence-corrected chi connectivity index (χ3v) is 7.30. The first-order valence-electron chi connectivity index (χ1n) is 10.5. The summed E-state index contributed by atoms with van der Waals surface area (Å²) in [4.78, 5) is 12.9. The summed E-state index contributed by atoms with van der Waals surface area (Å²) < 4.78 is 4.00. The molecule has 5 atom stereocenters. The molecule has 4 aromatic rings. The van der Waals surface area contributed by atoms with Crippen LogP contribution in [0.4, 0.5) is 5.82 Å². The Morgan fingerprint density at radius 2 is 2.03 bits per heavy atom. The minimum atomic E-state index is -0.899. The standard InChI is InChI=1S/C23H24N6O2/c1-13-11-25-17-10-14(4-8-28(13)17)2-6-23-7-3-16(23)18(19(30)20(23)31)29-9-5-15-21(24)26-12-27-22(15)29/h3-5,7-12,16,18-20,30-31H,2,6H2,1H3,(H2,24,26,27)/t16-,18-,19+,20+,23-/m1/s1. The molecule has 4 N–H and O–H groups in total. The molecule has 1 saturated carbocycles. The average Bonchev–Trinajstić information content (AvgIpc) is 3.38. The molecule has 0 spiro atoms. The maximum atomic E-state index is 11.1. The van der Waals surface area contributed by atoms with Gasteiger partial charge in [-0.2, -0.15) is 0 Å². The third-order valence-electron chi connectivity index (χ3n) is 7.30. The van der Waals surface area contributed by atoms with Gasteiger partial charge >= 0.3 is 0 Å². The summed E-state index contributed by atoms with van der Waals surface area (Å²) in [7, 11) is 0. The van der Waals surface area contributed by atoms with Gasteiger partial charge in [0.2, 0.25) is 0 Å². The van der Waals surface area contributed by atoms with Crippen LogP contribution in [0.25, 0.3) is 16.7 Å². The summed E-state index contributed by atoms with van der Waals surface area (Å²) in [6, 6.07) is 5.76. The lowest BCUT2D eigenvalue weighted by molar-refractivity contribution is -0.0192. The summed E-state index contributed by atoms with van der Waals surface area (Å²) in [6.45, 7) is 2.03. The van der Waals surface area contributed by atoms with Crippen molar-refractivity contribution in [2.45, 2.75) is 38.0 Å². The fraction of sp³-hybridized carbons (Fsp3) is 0.348. The maximum Gasteiger partial charge on any atom is 0.145 e. The molecular formula is C23H24N6O2. The second kappa shape index (κ2) is 6.38. The second-order valence-corrected chi connectivity index (χ2v) is 8.81. The fourth-order valence-corrected chi connectivity index (χ4v) is 5.53. The number of aliphatic hydroxyl groups excluding tert-OH is 2. The lowest BCUT2D eigenvalue weighted by Crippen LogP contribution is -2.41. The Labute approximate surface area is 178 Å². The third kappa shape index (κ3) is 2.46. The highest BCUT2D eigenvalue weighted by Crippen LogP contribution is 2.59. The highest BCUT2D eigenvalue weighted by molar-refractivity contribution is 5.86. The zero-order chi connectivity index (χ0) is 21.3. The van der Waals surface area contributed by atoms with Crippen LogP contribution in [0.1, 0.15) is 23.7 Å². The van der Waals surface area contributed by atoms with Crippen LogP contribution in [0.2, 0.25) is 0 Å². The molecule has 0 aliphatic heterocycles. The van der Waals surface area contributed by atoms with Crippen LogP contribution >= 0.6 is 0 Å². The predicted octanol–water partition coefficient (Wildman–Crippen LogP) is 2.05. The molecule has 6 rings (SSSR count). The fourth-order valence-electron chi connectivity index (χ4n) is 5.53. The lowest BCUT2D eigenvalue weighted by atomic mass is 9.64. The van der Waals surface area contributed by atoms with Gasteiger partial charge in [0.05, 0.1) is 17.5 Å². The van der Waals surface area contributed by atoms with Crippen LogP contribution in [-0.2, 0) is 6.42 Å². The van der Waals surface area contributed by atoms with E-state index in [-0.39, 0.29) is 12.0 Å². The van der Waals surface area contributed by atoms with Crippen LogP contribution in [0.5, 0.6) is 0 Å². The monoisotopic (exact) mass is 416 g/mol. The molecular weight excluding hydrogens is 392 g/mol. The molecule has 0 bridgehead atoms. The zero-order valence-electron chi connectivity index (χ0n) is 17.1. The maximum absolute atomic E-state index is 11.1. The Morgan fingerprint density at radius 1 is 1.16 bits per heavy atom. The van der Waals surface area contributed by atoms with E-state index in [1.165, 1.54) is 11.9 Å². The molecule has 0 unspecified atom stereocenters. The number of hydrogen-bond donors (Lipinski definition) is 3. The molecule has 1 fully saturated rings. The number of imidazole rings is 1. The Balaban J connectivity index is 1.31. The minimum Gasteiger partial charge on any atom is -0.389 e. The average molecular weight is 416 g/mol. The molecule has 4 heterocycles. The number of aryl methyl sites for hydroxylation is 2. The van der Waals surface area contributed by atoms with Crippen LogP contribution in [0, 0.1) is 18.3 Å². The van der Waals surface area contributed by atoms with Crippen LogP contribution in [-0.4, -0.2) is 46.3 Å². The number of nitrogens with zero attached hydrogens (tertiary/aromatic N) is 5. The van der Waals surface area contributed by atoms with E-state index in [1.807, 2.05) is 36.1 Å². The van der Waals surface area contributed by atoms with E-state index in [4.69, 9.17) is 5.73 Å². The summed E-state index contributed by atoms with van der Waals surface area (Å²) >= 11 is 0. The number of fused-ring (bicyclic) bond motifs is 3.